The fraction of sp³-hybridized carbons (Fsp3) is 0.258. The Labute approximate surface area is 212 Å². The molecule has 0 saturated carbocycles. The fourth-order valence-electron chi connectivity index (χ4n) is 4.16. The van der Waals surface area contributed by atoms with Crippen molar-refractivity contribution in [3.8, 4) is 11.5 Å². The Kier molecular flexibility index (Phi) is 8.45. The molecular formula is C31H33NO4. The molecule has 0 saturated heterocycles. The molecule has 3 aromatic carbocycles. The van der Waals surface area contributed by atoms with Crippen LogP contribution in [-0.2, 0) is 18.2 Å². The first-order valence-electron chi connectivity index (χ1n) is 12.4. The number of rotatable bonds is 11. The molecule has 0 unspecified atom stereocenters. The molecule has 5 heteroatoms. The van der Waals surface area contributed by atoms with Crippen molar-refractivity contribution in [3.63, 3.8) is 0 Å². The van der Waals surface area contributed by atoms with Gasteiger partial charge >= 0.3 is 5.97 Å². The molecule has 186 valence electrons. The van der Waals surface area contributed by atoms with Crippen LogP contribution in [0, 0.1) is 6.92 Å². The van der Waals surface area contributed by atoms with Gasteiger partial charge in [0.25, 0.3) is 0 Å². The Balaban J connectivity index is 1.25. The van der Waals surface area contributed by atoms with Gasteiger partial charge in [-0.2, -0.15) is 0 Å². The van der Waals surface area contributed by atoms with Gasteiger partial charge in [0, 0.05) is 30.1 Å². The fourth-order valence-corrected chi connectivity index (χ4v) is 4.16. The summed E-state index contributed by atoms with van der Waals surface area (Å²) in [5, 5.41) is 0.848. The van der Waals surface area contributed by atoms with Crippen molar-refractivity contribution >= 4 is 22.9 Å². The van der Waals surface area contributed by atoms with E-state index in [0.717, 1.165) is 40.9 Å². The summed E-state index contributed by atoms with van der Waals surface area (Å²) in [6, 6.07) is 24.3. The van der Waals surface area contributed by atoms with Gasteiger partial charge in [-0.15, -0.1) is 0 Å². The molecule has 0 spiro atoms. The zero-order valence-corrected chi connectivity index (χ0v) is 21.2. The lowest BCUT2D eigenvalue weighted by molar-refractivity contribution is 0.0527. The summed E-state index contributed by atoms with van der Waals surface area (Å²) < 4.78 is 19.1. The van der Waals surface area contributed by atoms with Gasteiger partial charge in [0.1, 0.15) is 11.5 Å². The maximum atomic E-state index is 12.5. The third-order valence-corrected chi connectivity index (χ3v) is 6.16. The highest BCUT2D eigenvalue weighted by atomic mass is 16.5. The Bertz CT molecular complexity index is 1320. The van der Waals surface area contributed by atoms with Crippen LogP contribution in [0.25, 0.3) is 17.0 Å². The van der Waals surface area contributed by atoms with Gasteiger partial charge in [-0.05, 0) is 61.7 Å². The number of benzene rings is 3. The molecule has 0 bridgehead atoms. The molecule has 4 aromatic rings. The van der Waals surface area contributed by atoms with Crippen molar-refractivity contribution < 1.29 is 19.0 Å². The topological polar surface area (TPSA) is 49.7 Å². The van der Waals surface area contributed by atoms with Crippen LogP contribution in [0.3, 0.4) is 0 Å². The molecule has 0 atom stereocenters. The van der Waals surface area contributed by atoms with Gasteiger partial charge in [0.2, 0.25) is 0 Å². The predicted octanol–water partition coefficient (Wildman–Crippen LogP) is 6.77. The maximum Gasteiger partial charge on any atom is 0.340 e. The molecule has 0 N–H and O–H groups in total. The zero-order chi connectivity index (χ0) is 25.3. The standard InChI is InChI=1S/C31H33NO4/c1-4-34-31(33)30-23(2)32(3)29-19-18-27(22-28(29)30)36-21-9-20-35-26-16-14-25(15-17-26)13-8-12-24-10-6-5-7-11-24/h5-8,10-12,14-19,22H,4,9,13,20-21H2,1-3H3/b12-8+. The third-order valence-electron chi connectivity index (χ3n) is 6.16. The second-order valence-corrected chi connectivity index (χ2v) is 8.63. The minimum Gasteiger partial charge on any atom is -0.493 e. The van der Waals surface area contributed by atoms with E-state index in [4.69, 9.17) is 14.2 Å². The number of hydrogen-bond donors (Lipinski definition) is 0. The summed E-state index contributed by atoms with van der Waals surface area (Å²) in [6.45, 7) is 5.17. The van der Waals surface area contributed by atoms with Crippen molar-refractivity contribution in [3.05, 3.63) is 101 Å². The van der Waals surface area contributed by atoms with E-state index in [1.165, 1.54) is 11.1 Å². The number of esters is 1. The number of hydrogen-bond acceptors (Lipinski definition) is 4. The van der Waals surface area contributed by atoms with E-state index in [-0.39, 0.29) is 5.97 Å². The van der Waals surface area contributed by atoms with E-state index in [9.17, 15) is 4.79 Å². The van der Waals surface area contributed by atoms with Crippen LogP contribution in [0.4, 0.5) is 0 Å². The molecule has 0 aliphatic carbocycles. The Morgan fingerprint density at radius 3 is 2.33 bits per heavy atom. The van der Waals surface area contributed by atoms with Crippen LogP contribution in [0.2, 0.25) is 0 Å². The predicted molar refractivity (Wildman–Crippen MR) is 145 cm³/mol. The van der Waals surface area contributed by atoms with E-state index in [2.05, 4.69) is 36.4 Å². The van der Waals surface area contributed by atoms with Crippen LogP contribution in [0.15, 0.2) is 78.9 Å². The van der Waals surface area contributed by atoms with E-state index >= 15 is 0 Å². The quantitative estimate of drug-likeness (QED) is 0.175. The van der Waals surface area contributed by atoms with Crippen LogP contribution in [-0.4, -0.2) is 30.4 Å². The molecule has 1 heterocycles. The maximum absolute atomic E-state index is 12.5. The lowest BCUT2D eigenvalue weighted by Crippen LogP contribution is -2.06. The van der Waals surface area contributed by atoms with Gasteiger partial charge in [0.05, 0.1) is 25.4 Å². The van der Waals surface area contributed by atoms with E-state index in [1.807, 2.05) is 74.0 Å². The molecule has 36 heavy (non-hydrogen) atoms. The van der Waals surface area contributed by atoms with Gasteiger partial charge in [-0.25, -0.2) is 4.79 Å². The summed E-state index contributed by atoms with van der Waals surface area (Å²) in [5.74, 6) is 1.28. The second-order valence-electron chi connectivity index (χ2n) is 8.63. The average molecular weight is 484 g/mol. The summed E-state index contributed by atoms with van der Waals surface area (Å²) in [5.41, 5.74) is 4.91. The van der Waals surface area contributed by atoms with Crippen LogP contribution in [0.5, 0.6) is 11.5 Å². The van der Waals surface area contributed by atoms with Crippen molar-refractivity contribution in [2.24, 2.45) is 7.05 Å². The molecule has 0 radical (unpaired) electrons. The summed E-state index contributed by atoms with van der Waals surface area (Å²) in [7, 11) is 1.95. The number of aromatic nitrogens is 1. The van der Waals surface area contributed by atoms with Gasteiger partial charge in [-0.3, -0.25) is 0 Å². The van der Waals surface area contributed by atoms with Crippen molar-refractivity contribution in [1.29, 1.82) is 0 Å². The van der Waals surface area contributed by atoms with E-state index in [0.29, 0.717) is 25.4 Å². The third kappa shape index (κ3) is 6.16. The van der Waals surface area contributed by atoms with Crippen LogP contribution < -0.4 is 9.47 Å². The second kappa shape index (κ2) is 12.1. The van der Waals surface area contributed by atoms with E-state index in [1.54, 1.807) is 0 Å². The molecule has 4 rings (SSSR count). The molecule has 0 aliphatic rings. The van der Waals surface area contributed by atoms with Crippen molar-refractivity contribution in [2.75, 3.05) is 19.8 Å². The van der Waals surface area contributed by atoms with Gasteiger partial charge in [-0.1, -0.05) is 54.6 Å². The highest BCUT2D eigenvalue weighted by molar-refractivity contribution is 6.06. The summed E-state index contributed by atoms with van der Waals surface area (Å²) in [4.78, 5) is 12.5. The van der Waals surface area contributed by atoms with E-state index < -0.39 is 0 Å². The number of nitrogens with zero attached hydrogens (tertiary/aromatic N) is 1. The lowest BCUT2D eigenvalue weighted by Gasteiger charge is -2.09. The van der Waals surface area contributed by atoms with Crippen LogP contribution in [0.1, 0.15) is 40.5 Å². The number of carbonyl (C=O) groups excluding carboxylic acids is 1. The first-order chi connectivity index (χ1) is 17.6. The Morgan fingerprint density at radius 1 is 0.917 bits per heavy atom. The molecule has 0 fully saturated rings. The first kappa shape index (κ1) is 25.1. The SMILES string of the molecule is CCOC(=O)c1c(C)n(C)c2ccc(OCCCOc3ccc(C/C=C/c4ccccc4)cc3)cc12. The lowest BCUT2D eigenvalue weighted by atomic mass is 10.1. The Hall–Kier alpha value is -3.99. The minimum absolute atomic E-state index is 0.301. The van der Waals surface area contributed by atoms with Crippen molar-refractivity contribution in [1.82, 2.24) is 4.57 Å². The van der Waals surface area contributed by atoms with Gasteiger partial charge in [0.15, 0.2) is 0 Å². The Morgan fingerprint density at radius 2 is 1.61 bits per heavy atom. The molecular weight excluding hydrogens is 450 g/mol. The number of allylic oxidation sites excluding steroid dienone is 1. The zero-order valence-electron chi connectivity index (χ0n) is 21.2. The average Bonchev–Trinajstić information content (AvgIpc) is 3.14. The molecule has 5 nitrogen and oxygen atoms in total. The van der Waals surface area contributed by atoms with Gasteiger partial charge < -0.3 is 18.8 Å². The molecule has 0 amide bonds. The number of aryl methyl sites for hydroxylation is 1. The normalized spacial score (nSPS) is 11.2. The molecule has 1 aromatic heterocycles. The minimum atomic E-state index is -0.301. The summed E-state index contributed by atoms with van der Waals surface area (Å²) >= 11 is 0. The smallest absolute Gasteiger partial charge is 0.340 e. The van der Waals surface area contributed by atoms with Crippen LogP contribution >= 0.6 is 0 Å². The first-order valence-corrected chi connectivity index (χ1v) is 12.4. The number of ether oxygens (including phenoxy) is 3. The highest BCUT2D eigenvalue weighted by Crippen LogP contribution is 2.29. The summed E-state index contributed by atoms with van der Waals surface area (Å²) in [6.07, 6.45) is 5.94. The number of carbonyl (C=O) groups is 1. The van der Waals surface area contributed by atoms with Crippen molar-refractivity contribution in [2.45, 2.75) is 26.7 Å². The largest absolute Gasteiger partial charge is 0.493 e. The monoisotopic (exact) mass is 483 g/mol. The number of fused-ring (bicyclic) bond motifs is 1. The molecule has 0 aliphatic heterocycles. The highest BCUT2D eigenvalue weighted by Gasteiger charge is 2.20.